The average Bonchev–Trinajstić information content (AvgIpc) is 3.09. The topological polar surface area (TPSA) is 79.0 Å². The van der Waals surface area contributed by atoms with Gasteiger partial charge < -0.3 is 19.9 Å². The molecule has 0 aromatic heterocycles. The highest BCUT2D eigenvalue weighted by Crippen LogP contribution is 2.30. The first kappa shape index (κ1) is 44.4. The first-order valence-electron chi connectivity index (χ1n) is 20.9. The first-order valence-corrected chi connectivity index (χ1v) is 20.9. The van der Waals surface area contributed by atoms with E-state index in [4.69, 9.17) is 4.74 Å². The van der Waals surface area contributed by atoms with Crippen molar-refractivity contribution in [3.63, 3.8) is 0 Å². The quantitative estimate of drug-likeness (QED) is 0.0584. The van der Waals surface area contributed by atoms with Crippen molar-refractivity contribution >= 4 is 17.8 Å². The smallest absolute Gasteiger partial charge is 0.325 e. The van der Waals surface area contributed by atoms with E-state index in [9.17, 15) is 14.4 Å². The first-order chi connectivity index (χ1) is 23.4. The summed E-state index contributed by atoms with van der Waals surface area (Å²) in [6.07, 6.45) is 28.4. The van der Waals surface area contributed by atoms with Gasteiger partial charge in [-0.2, -0.15) is 0 Å². The van der Waals surface area contributed by atoms with Crippen LogP contribution in [-0.4, -0.2) is 72.5 Å². The van der Waals surface area contributed by atoms with Gasteiger partial charge in [-0.1, -0.05) is 150 Å². The summed E-state index contributed by atoms with van der Waals surface area (Å²) in [6, 6.07) is -0.475. The van der Waals surface area contributed by atoms with Crippen LogP contribution in [0, 0.1) is 5.92 Å². The molecular weight excluding hydrogens is 598 g/mol. The monoisotopic (exact) mass is 678 g/mol. The van der Waals surface area contributed by atoms with Crippen molar-refractivity contribution in [2.75, 3.05) is 32.8 Å². The molecule has 7 heteroatoms. The predicted octanol–water partition coefficient (Wildman–Crippen LogP) is 10.00. The number of ether oxygens (including phenoxy) is 1. The molecule has 282 valence electrons. The lowest BCUT2D eigenvalue weighted by Gasteiger charge is -2.44. The minimum atomic E-state index is -0.537. The Labute approximate surface area is 297 Å². The zero-order valence-corrected chi connectivity index (χ0v) is 32.5. The van der Waals surface area contributed by atoms with Crippen molar-refractivity contribution in [2.45, 2.75) is 207 Å². The zero-order valence-electron chi connectivity index (χ0n) is 32.5. The van der Waals surface area contributed by atoms with E-state index in [0.717, 1.165) is 71.0 Å². The molecule has 0 saturated carbocycles. The third kappa shape index (κ3) is 20.1. The summed E-state index contributed by atoms with van der Waals surface area (Å²) in [4.78, 5) is 45.5. The second kappa shape index (κ2) is 30.2. The Bertz CT molecular complexity index is 785. The number of hydrogen-bond donors (Lipinski definition) is 1. The van der Waals surface area contributed by atoms with Crippen LogP contribution in [0.3, 0.4) is 0 Å². The number of nitrogens with one attached hydrogen (secondary N) is 1. The average molecular weight is 678 g/mol. The lowest BCUT2D eigenvalue weighted by atomic mass is 9.85. The van der Waals surface area contributed by atoms with Crippen LogP contribution >= 0.6 is 0 Å². The molecule has 1 atom stereocenters. The van der Waals surface area contributed by atoms with E-state index in [-0.39, 0.29) is 36.9 Å². The second-order valence-electron chi connectivity index (χ2n) is 14.5. The molecule has 0 aromatic carbocycles. The van der Waals surface area contributed by atoms with Gasteiger partial charge >= 0.3 is 5.97 Å². The third-order valence-corrected chi connectivity index (χ3v) is 10.5. The fourth-order valence-corrected chi connectivity index (χ4v) is 7.50. The maximum absolute atomic E-state index is 14.5. The number of nitrogens with zero attached hydrogens (tertiary/aromatic N) is 2. The zero-order chi connectivity index (χ0) is 35.2. The fourth-order valence-electron chi connectivity index (χ4n) is 7.50. The van der Waals surface area contributed by atoms with Crippen LogP contribution in [0.15, 0.2) is 0 Å². The van der Waals surface area contributed by atoms with E-state index in [1.165, 1.54) is 103 Å². The fraction of sp³-hybridized carbons (Fsp3) is 0.927. The molecule has 48 heavy (non-hydrogen) atoms. The number of rotatable bonds is 31. The van der Waals surface area contributed by atoms with Crippen LogP contribution < -0.4 is 5.32 Å². The Morgan fingerprint density at radius 1 is 0.667 bits per heavy atom. The molecule has 1 aliphatic rings. The largest absolute Gasteiger partial charge is 0.465 e. The number of likely N-dealkylation sites (tertiary alicyclic amines) is 1. The van der Waals surface area contributed by atoms with Crippen LogP contribution in [-0.2, 0) is 19.1 Å². The molecule has 1 N–H and O–H groups in total. The summed E-state index contributed by atoms with van der Waals surface area (Å²) in [5.41, 5.74) is 0. The summed E-state index contributed by atoms with van der Waals surface area (Å²) in [7, 11) is 0. The lowest BCUT2D eigenvalue weighted by Crippen LogP contribution is -2.59. The highest BCUT2D eigenvalue weighted by molar-refractivity contribution is 5.90. The van der Waals surface area contributed by atoms with E-state index < -0.39 is 12.0 Å². The number of esters is 1. The Kier molecular flexibility index (Phi) is 27.9. The summed E-state index contributed by atoms with van der Waals surface area (Å²) < 4.78 is 5.15. The van der Waals surface area contributed by atoms with Gasteiger partial charge in [0.1, 0.15) is 12.6 Å². The molecule has 1 fully saturated rings. The van der Waals surface area contributed by atoms with Gasteiger partial charge in [0.2, 0.25) is 11.8 Å². The number of amides is 2. The van der Waals surface area contributed by atoms with E-state index >= 15 is 0 Å². The molecule has 1 heterocycles. The lowest BCUT2D eigenvalue weighted by molar-refractivity contribution is -0.149. The van der Waals surface area contributed by atoms with Crippen LogP contribution in [0.4, 0.5) is 0 Å². The summed E-state index contributed by atoms with van der Waals surface area (Å²) >= 11 is 0. The van der Waals surface area contributed by atoms with E-state index in [1.807, 2.05) is 0 Å². The molecule has 1 aliphatic heterocycles. The van der Waals surface area contributed by atoms with E-state index in [0.29, 0.717) is 6.42 Å². The van der Waals surface area contributed by atoms with Gasteiger partial charge in [-0.25, -0.2) is 0 Å². The van der Waals surface area contributed by atoms with Crippen LogP contribution in [0.1, 0.15) is 195 Å². The molecule has 1 rings (SSSR count). The molecule has 7 nitrogen and oxygen atoms in total. The molecule has 0 aromatic rings. The van der Waals surface area contributed by atoms with Gasteiger partial charge in [0.15, 0.2) is 0 Å². The van der Waals surface area contributed by atoms with Crippen LogP contribution in [0.25, 0.3) is 0 Å². The summed E-state index contributed by atoms with van der Waals surface area (Å²) in [5.74, 6) is -0.348. The summed E-state index contributed by atoms with van der Waals surface area (Å²) in [5, 5.41) is 2.94. The van der Waals surface area contributed by atoms with Crippen molar-refractivity contribution < 1.29 is 19.1 Å². The van der Waals surface area contributed by atoms with Crippen molar-refractivity contribution in [1.29, 1.82) is 0 Å². The molecule has 0 aliphatic carbocycles. The Balaban J connectivity index is 3.20. The van der Waals surface area contributed by atoms with Gasteiger partial charge in [0, 0.05) is 12.5 Å². The number of hydrogen-bond acceptors (Lipinski definition) is 5. The maximum atomic E-state index is 14.5. The van der Waals surface area contributed by atoms with E-state index in [1.54, 1.807) is 6.92 Å². The van der Waals surface area contributed by atoms with Gasteiger partial charge in [-0.05, 0) is 64.6 Å². The molecular formula is C41H79N3O4. The molecule has 1 saturated heterocycles. The normalized spacial score (nSPS) is 14.7. The van der Waals surface area contributed by atoms with Crippen molar-refractivity contribution in [3.05, 3.63) is 0 Å². The molecule has 0 spiro atoms. The van der Waals surface area contributed by atoms with Crippen LogP contribution in [0.2, 0.25) is 0 Å². The van der Waals surface area contributed by atoms with Gasteiger partial charge in [-0.3, -0.25) is 14.4 Å². The van der Waals surface area contributed by atoms with E-state index in [2.05, 4.69) is 42.8 Å². The number of carbonyl (C=O) groups excluding carboxylic acids is 3. The van der Waals surface area contributed by atoms with Crippen molar-refractivity contribution in [1.82, 2.24) is 15.1 Å². The summed E-state index contributed by atoms with van der Waals surface area (Å²) in [6.45, 7) is 13.8. The molecule has 1 unspecified atom stereocenters. The highest BCUT2D eigenvalue weighted by atomic mass is 16.5. The second-order valence-corrected chi connectivity index (χ2v) is 14.5. The van der Waals surface area contributed by atoms with Crippen LogP contribution in [0.5, 0.6) is 0 Å². The van der Waals surface area contributed by atoms with Gasteiger partial charge in [-0.15, -0.1) is 0 Å². The third-order valence-electron chi connectivity index (χ3n) is 10.5. The minimum absolute atomic E-state index is 0.0615. The van der Waals surface area contributed by atoms with Crippen molar-refractivity contribution in [2.24, 2.45) is 5.92 Å². The number of unbranched alkanes of at least 4 members (excludes halogenated alkanes) is 17. The Morgan fingerprint density at radius 2 is 1.12 bits per heavy atom. The molecule has 2 amide bonds. The number of piperidine rings is 1. The minimum Gasteiger partial charge on any atom is -0.465 e. The predicted molar refractivity (Wildman–Crippen MR) is 202 cm³/mol. The highest BCUT2D eigenvalue weighted by Gasteiger charge is 2.40. The SMILES string of the molecule is CCCCCCCCCCCCC(=O)N(C(CCCCCCC)CCCCCCC)C(C(=O)NCC(=O)OCC)C1CCN(CC)CC1. The number of carbonyl (C=O) groups is 3. The maximum Gasteiger partial charge on any atom is 0.325 e. The van der Waals surface area contributed by atoms with Gasteiger partial charge in [0.05, 0.1) is 6.61 Å². The molecule has 0 radical (unpaired) electrons. The Morgan fingerprint density at radius 3 is 1.58 bits per heavy atom. The Hall–Kier alpha value is -1.63. The molecule has 0 bridgehead atoms. The van der Waals surface area contributed by atoms with Gasteiger partial charge in [0.25, 0.3) is 0 Å². The van der Waals surface area contributed by atoms with Crippen molar-refractivity contribution in [3.8, 4) is 0 Å². The standard InChI is InChI=1S/C41H79N3O4/c1-6-11-14-17-18-19-20-21-24-27-30-38(45)44(37(28-25-22-15-12-7-2)29-26-23-16-13-8-3)40(36-31-33-43(9-4)34-32-36)41(47)42-35-39(46)48-10-5/h36-37,40H,6-35H2,1-5H3,(H,42,47).